The first-order chi connectivity index (χ1) is 12.0. The van der Waals surface area contributed by atoms with Crippen molar-refractivity contribution in [3.05, 3.63) is 29.1 Å². The van der Waals surface area contributed by atoms with Gasteiger partial charge in [-0.25, -0.2) is 0 Å². The Kier molecular flexibility index (Phi) is 5.91. The van der Waals surface area contributed by atoms with Gasteiger partial charge in [0.2, 0.25) is 5.75 Å². The van der Waals surface area contributed by atoms with E-state index in [4.69, 9.17) is 19.9 Å². The van der Waals surface area contributed by atoms with Crippen LogP contribution in [0.1, 0.15) is 30.0 Å². The molecule has 0 aliphatic carbocycles. The molecule has 0 saturated heterocycles. The number of hydrogen-bond donors (Lipinski definition) is 3. The minimum Gasteiger partial charge on any atom is -0.493 e. The van der Waals surface area contributed by atoms with Crippen molar-refractivity contribution in [3.63, 3.8) is 0 Å². The van der Waals surface area contributed by atoms with Crippen molar-refractivity contribution in [2.75, 3.05) is 27.9 Å². The lowest BCUT2D eigenvalue weighted by Crippen LogP contribution is -2.05. The summed E-state index contributed by atoms with van der Waals surface area (Å²) in [6.07, 6.45) is -0.320. The molecule has 1 unspecified atom stereocenters. The molecule has 1 aromatic heterocycles. The lowest BCUT2D eigenvalue weighted by molar-refractivity contribution is 0.199. The molecule has 0 aliphatic rings. The Labute approximate surface area is 146 Å². The maximum absolute atomic E-state index is 10.3. The van der Waals surface area contributed by atoms with Crippen molar-refractivity contribution in [2.45, 2.75) is 19.4 Å². The van der Waals surface area contributed by atoms with Crippen LogP contribution in [0.5, 0.6) is 17.2 Å². The smallest absolute Gasteiger partial charge is 0.203 e. The van der Waals surface area contributed by atoms with Crippen LogP contribution in [0.25, 0.3) is 11.1 Å². The molecular formula is C18H23N3O4. The van der Waals surface area contributed by atoms with Crippen molar-refractivity contribution in [2.24, 2.45) is 5.73 Å². The number of rotatable bonds is 7. The van der Waals surface area contributed by atoms with Gasteiger partial charge in [-0.2, -0.15) is 5.26 Å². The van der Waals surface area contributed by atoms with Gasteiger partial charge in [0.05, 0.1) is 27.4 Å². The molecule has 25 heavy (non-hydrogen) atoms. The van der Waals surface area contributed by atoms with E-state index in [1.807, 2.05) is 6.07 Å². The lowest BCUT2D eigenvalue weighted by atomic mass is 9.95. The largest absolute Gasteiger partial charge is 0.493 e. The van der Waals surface area contributed by atoms with Gasteiger partial charge in [0.25, 0.3) is 0 Å². The Balaban J connectivity index is 2.86. The Hall–Kier alpha value is -2.69. The molecular weight excluding hydrogens is 322 g/mol. The number of ether oxygens (including phenoxy) is 3. The summed E-state index contributed by atoms with van der Waals surface area (Å²) >= 11 is 0. The number of nitrogens with two attached hydrogens (primary N) is 1. The van der Waals surface area contributed by atoms with E-state index in [0.29, 0.717) is 52.6 Å². The Morgan fingerprint density at radius 2 is 1.88 bits per heavy atom. The van der Waals surface area contributed by atoms with Crippen LogP contribution in [0.2, 0.25) is 0 Å². The molecule has 0 fully saturated rings. The van der Waals surface area contributed by atoms with Gasteiger partial charge >= 0.3 is 0 Å². The maximum atomic E-state index is 10.3. The van der Waals surface area contributed by atoms with Gasteiger partial charge in [-0.3, -0.25) is 0 Å². The van der Waals surface area contributed by atoms with E-state index >= 15 is 0 Å². The average Bonchev–Trinajstić information content (AvgIpc) is 2.98. The summed E-state index contributed by atoms with van der Waals surface area (Å²) in [5.41, 5.74) is 8.70. The molecule has 0 bridgehead atoms. The second-order valence-electron chi connectivity index (χ2n) is 5.48. The zero-order chi connectivity index (χ0) is 18.6. The van der Waals surface area contributed by atoms with Crippen LogP contribution < -0.4 is 19.9 Å². The topological polar surface area (TPSA) is 114 Å². The quantitative estimate of drug-likeness (QED) is 0.708. The second kappa shape index (κ2) is 7.92. The van der Waals surface area contributed by atoms with Gasteiger partial charge < -0.3 is 30.0 Å². The van der Waals surface area contributed by atoms with Crippen LogP contribution in [-0.4, -0.2) is 38.0 Å². The highest BCUT2D eigenvalue weighted by molar-refractivity contribution is 5.82. The van der Waals surface area contributed by atoms with E-state index in [9.17, 15) is 10.4 Å². The van der Waals surface area contributed by atoms with Crippen molar-refractivity contribution in [1.82, 2.24) is 4.98 Å². The molecule has 4 N–H and O–H groups in total. The summed E-state index contributed by atoms with van der Waals surface area (Å²) in [4.78, 5) is 3.07. The summed E-state index contributed by atoms with van der Waals surface area (Å²) in [5, 5.41) is 19.7. The van der Waals surface area contributed by atoms with Crippen LogP contribution in [0.4, 0.5) is 0 Å². The number of nitrogens with zero attached hydrogens (tertiary/aromatic N) is 1. The summed E-state index contributed by atoms with van der Waals surface area (Å²) < 4.78 is 16.3. The molecule has 1 heterocycles. The number of aliphatic hydroxyl groups excluding tert-OH is 1. The van der Waals surface area contributed by atoms with Crippen LogP contribution in [-0.2, 0) is 6.42 Å². The number of aromatic amines is 1. The first-order valence-corrected chi connectivity index (χ1v) is 7.86. The number of aliphatic hydroxyl groups is 1. The van der Waals surface area contributed by atoms with Crippen LogP contribution in [0.3, 0.4) is 0 Å². The third-order valence-corrected chi connectivity index (χ3v) is 4.01. The van der Waals surface area contributed by atoms with Crippen molar-refractivity contribution >= 4 is 0 Å². The van der Waals surface area contributed by atoms with E-state index in [-0.39, 0.29) is 0 Å². The summed E-state index contributed by atoms with van der Waals surface area (Å²) in [7, 11) is 4.60. The number of methoxy groups -OCH3 is 3. The fraction of sp³-hybridized carbons (Fsp3) is 0.389. The molecule has 0 amide bonds. The van der Waals surface area contributed by atoms with E-state index < -0.39 is 6.10 Å². The molecule has 0 aliphatic heterocycles. The third-order valence-electron chi connectivity index (χ3n) is 4.01. The number of hydrogen-bond acceptors (Lipinski definition) is 6. The second-order valence-corrected chi connectivity index (χ2v) is 5.48. The number of nitriles is 1. The van der Waals surface area contributed by atoms with Crippen LogP contribution in [0.15, 0.2) is 12.1 Å². The minimum absolute atomic E-state index is 0.310. The maximum Gasteiger partial charge on any atom is 0.203 e. The monoisotopic (exact) mass is 345 g/mol. The number of H-pyrrole nitrogens is 1. The third kappa shape index (κ3) is 3.27. The van der Waals surface area contributed by atoms with E-state index in [2.05, 4.69) is 11.1 Å². The standard InChI is InChI=1S/C18H23N3O4/c1-10(22)15-13(9-20)21-12(7-8-19)16(15)11-5-6-14(23-2)18(25-4)17(11)24-3/h5-6,10,21-22H,7-8,19H2,1-4H3. The van der Waals surface area contributed by atoms with Crippen LogP contribution >= 0.6 is 0 Å². The van der Waals surface area contributed by atoms with E-state index in [1.165, 1.54) is 14.2 Å². The zero-order valence-corrected chi connectivity index (χ0v) is 14.8. The Bertz CT molecular complexity index is 791. The molecule has 0 radical (unpaired) electrons. The predicted molar refractivity (Wildman–Crippen MR) is 94.0 cm³/mol. The molecule has 0 saturated carbocycles. The highest BCUT2D eigenvalue weighted by Crippen LogP contribution is 2.47. The fourth-order valence-corrected chi connectivity index (χ4v) is 3.01. The molecule has 7 heteroatoms. The highest BCUT2D eigenvalue weighted by Gasteiger charge is 2.26. The summed E-state index contributed by atoms with van der Waals surface area (Å²) in [6.45, 7) is 2.01. The Morgan fingerprint density at radius 1 is 1.20 bits per heavy atom. The fourth-order valence-electron chi connectivity index (χ4n) is 3.01. The van der Waals surface area contributed by atoms with Gasteiger partial charge in [0, 0.05) is 28.8 Å². The SMILES string of the molecule is COc1ccc(-c2c(CCN)[nH]c(C#N)c2C(C)O)c(OC)c1OC. The predicted octanol–water partition coefficient (Wildman–Crippen LogP) is 2.13. The molecule has 2 aromatic rings. The molecule has 0 spiro atoms. The van der Waals surface area contributed by atoms with Crippen molar-refractivity contribution < 1.29 is 19.3 Å². The van der Waals surface area contributed by atoms with Gasteiger partial charge in [-0.05, 0) is 25.6 Å². The van der Waals surface area contributed by atoms with E-state index in [1.54, 1.807) is 20.1 Å². The minimum atomic E-state index is -0.842. The Morgan fingerprint density at radius 3 is 2.36 bits per heavy atom. The van der Waals surface area contributed by atoms with Gasteiger partial charge in [0.1, 0.15) is 11.8 Å². The van der Waals surface area contributed by atoms with Crippen LogP contribution in [0, 0.1) is 11.3 Å². The van der Waals surface area contributed by atoms with Gasteiger partial charge in [-0.15, -0.1) is 0 Å². The lowest BCUT2D eigenvalue weighted by Gasteiger charge is -2.18. The van der Waals surface area contributed by atoms with Gasteiger partial charge in [0.15, 0.2) is 11.5 Å². The molecule has 1 aromatic carbocycles. The normalized spacial score (nSPS) is 11.7. The number of benzene rings is 1. The molecule has 2 rings (SSSR count). The first kappa shape index (κ1) is 18.6. The zero-order valence-electron chi connectivity index (χ0n) is 14.8. The van der Waals surface area contributed by atoms with Gasteiger partial charge in [-0.1, -0.05) is 0 Å². The number of aromatic nitrogens is 1. The average molecular weight is 345 g/mol. The summed E-state index contributed by atoms with van der Waals surface area (Å²) in [6, 6.07) is 5.67. The first-order valence-electron chi connectivity index (χ1n) is 7.86. The molecule has 134 valence electrons. The number of nitrogens with one attached hydrogen (secondary N) is 1. The molecule has 7 nitrogen and oxygen atoms in total. The van der Waals surface area contributed by atoms with Crippen molar-refractivity contribution in [1.29, 1.82) is 5.26 Å². The highest BCUT2D eigenvalue weighted by atomic mass is 16.5. The van der Waals surface area contributed by atoms with Crippen molar-refractivity contribution in [3.8, 4) is 34.4 Å². The molecule has 1 atom stereocenters. The van der Waals surface area contributed by atoms with E-state index in [0.717, 1.165) is 5.69 Å². The summed E-state index contributed by atoms with van der Waals surface area (Å²) in [5.74, 6) is 1.43.